The minimum atomic E-state index is -1.52. The number of carbonyl (C=O) groups is 2. The minimum absolute atomic E-state index is 0.183. The molecule has 1 saturated heterocycles. The summed E-state index contributed by atoms with van der Waals surface area (Å²) in [5, 5.41) is 11.6. The Bertz CT molecular complexity index is 629. The van der Waals surface area contributed by atoms with Crippen molar-refractivity contribution in [2.75, 3.05) is 13.1 Å². The lowest BCUT2D eigenvalue weighted by Gasteiger charge is -2.34. The lowest BCUT2D eigenvalue weighted by atomic mass is 9.92. The first-order chi connectivity index (χ1) is 11.8. The smallest absolute Gasteiger partial charge is 0.331 e. The van der Waals surface area contributed by atoms with Crippen LogP contribution in [0, 0.1) is 17.6 Å². The van der Waals surface area contributed by atoms with Crippen LogP contribution in [0.15, 0.2) is 18.2 Å². The molecule has 1 amide bonds. The van der Waals surface area contributed by atoms with Crippen LogP contribution in [0.4, 0.5) is 8.78 Å². The van der Waals surface area contributed by atoms with Crippen molar-refractivity contribution >= 4 is 11.9 Å². The number of halogens is 2. The molecule has 1 heterocycles. The van der Waals surface area contributed by atoms with Crippen molar-refractivity contribution in [1.82, 2.24) is 10.2 Å². The van der Waals surface area contributed by atoms with E-state index in [9.17, 15) is 23.5 Å². The van der Waals surface area contributed by atoms with Gasteiger partial charge in [-0.2, -0.15) is 0 Å². The highest BCUT2D eigenvalue weighted by Crippen LogP contribution is 2.23. The van der Waals surface area contributed by atoms with Crippen LogP contribution < -0.4 is 5.32 Å². The van der Waals surface area contributed by atoms with Crippen LogP contribution in [0.1, 0.15) is 44.7 Å². The molecule has 5 nitrogen and oxygen atoms in total. The van der Waals surface area contributed by atoms with Crippen LogP contribution >= 0.6 is 0 Å². The van der Waals surface area contributed by atoms with Crippen LogP contribution in [0.5, 0.6) is 0 Å². The number of likely N-dealkylation sites (tertiary alicyclic amines) is 1. The van der Waals surface area contributed by atoms with Gasteiger partial charge >= 0.3 is 5.97 Å². The van der Waals surface area contributed by atoms with Crippen LogP contribution in [0.3, 0.4) is 0 Å². The molecule has 1 aliphatic heterocycles. The number of hydrogen-bond donors (Lipinski definition) is 2. The zero-order valence-electron chi connectivity index (χ0n) is 14.5. The highest BCUT2D eigenvalue weighted by Gasteiger charge is 2.28. The maximum atomic E-state index is 13.8. The van der Waals surface area contributed by atoms with Crippen molar-refractivity contribution in [3.8, 4) is 0 Å². The second kappa shape index (κ2) is 8.38. The Morgan fingerprint density at radius 1 is 1.28 bits per heavy atom. The van der Waals surface area contributed by atoms with Crippen LogP contribution in [0.25, 0.3) is 0 Å². The molecule has 0 radical (unpaired) electrons. The zero-order chi connectivity index (χ0) is 18.6. The van der Waals surface area contributed by atoms with E-state index in [4.69, 9.17) is 0 Å². The molecule has 1 aliphatic rings. The maximum Gasteiger partial charge on any atom is 0.331 e. The van der Waals surface area contributed by atoms with Gasteiger partial charge in [-0.3, -0.25) is 4.79 Å². The molecule has 138 valence electrons. The molecule has 1 atom stereocenters. The standard InChI is InChI=1S/C18H24F2N2O3/c1-11(2)22-7-5-12(6-8-22)9-16(23)21-17(18(24)25)14-4-3-13(19)10-15(14)20/h3-4,10-12,17H,5-9H2,1-2H3,(H,21,23)(H,24,25)/t17-/m0/s1. The molecule has 25 heavy (non-hydrogen) atoms. The molecule has 2 rings (SSSR count). The van der Waals surface area contributed by atoms with E-state index in [-0.39, 0.29) is 17.9 Å². The summed E-state index contributed by atoms with van der Waals surface area (Å²) in [6.07, 6.45) is 1.95. The zero-order valence-corrected chi connectivity index (χ0v) is 14.5. The fraction of sp³-hybridized carbons (Fsp3) is 0.556. The van der Waals surface area contributed by atoms with Gasteiger partial charge in [-0.05, 0) is 51.8 Å². The van der Waals surface area contributed by atoms with E-state index >= 15 is 0 Å². The Hall–Kier alpha value is -2.02. The van der Waals surface area contributed by atoms with E-state index in [0.717, 1.165) is 38.1 Å². The molecule has 0 unspecified atom stereocenters. The van der Waals surface area contributed by atoms with Gasteiger partial charge in [-0.15, -0.1) is 0 Å². The average molecular weight is 354 g/mol. The first-order valence-corrected chi connectivity index (χ1v) is 8.49. The number of carboxylic acid groups (broad SMARTS) is 1. The molecule has 1 aromatic rings. The summed E-state index contributed by atoms with van der Waals surface area (Å²) < 4.78 is 26.8. The number of benzene rings is 1. The molecular weight excluding hydrogens is 330 g/mol. The Kier molecular flexibility index (Phi) is 6.47. The van der Waals surface area contributed by atoms with Crippen molar-refractivity contribution in [2.45, 2.75) is 45.2 Å². The average Bonchev–Trinajstić information content (AvgIpc) is 2.53. The van der Waals surface area contributed by atoms with E-state index in [1.807, 2.05) is 0 Å². The minimum Gasteiger partial charge on any atom is -0.479 e. The Balaban J connectivity index is 1.96. The molecule has 1 aromatic carbocycles. The molecule has 7 heteroatoms. The number of piperidine rings is 1. The van der Waals surface area contributed by atoms with E-state index in [1.165, 1.54) is 0 Å². The molecule has 0 aliphatic carbocycles. The van der Waals surface area contributed by atoms with Crippen molar-refractivity contribution in [3.63, 3.8) is 0 Å². The third-order valence-corrected chi connectivity index (χ3v) is 4.68. The predicted octanol–water partition coefficient (Wildman–Crippen LogP) is 2.72. The molecule has 1 fully saturated rings. The maximum absolute atomic E-state index is 13.8. The number of carbonyl (C=O) groups excluding carboxylic acids is 1. The number of amides is 1. The Morgan fingerprint density at radius 2 is 1.92 bits per heavy atom. The number of rotatable bonds is 6. The lowest BCUT2D eigenvalue weighted by Crippen LogP contribution is -2.40. The molecule has 0 bridgehead atoms. The summed E-state index contributed by atoms with van der Waals surface area (Å²) >= 11 is 0. The largest absolute Gasteiger partial charge is 0.479 e. The lowest BCUT2D eigenvalue weighted by molar-refractivity contribution is -0.142. The summed E-state index contributed by atoms with van der Waals surface area (Å²) in [7, 11) is 0. The summed E-state index contributed by atoms with van der Waals surface area (Å²) in [6.45, 7) is 6.07. The van der Waals surface area contributed by atoms with Crippen LogP contribution in [-0.4, -0.2) is 41.0 Å². The van der Waals surface area contributed by atoms with Gasteiger partial charge in [0.1, 0.15) is 11.6 Å². The number of aliphatic carboxylic acids is 1. The van der Waals surface area contributed by atoms with Crippen LogP contribution in [0.2, 0.25) is 0 Å². The summed E-state index contributed by atoms with van der Waals surface area (Å²) in [5.74, 6) is -3.42. The summed E-state index contributed by atoms with van der Waals surface area (Å²) in [6, 6.07) is 1.57. The number of nitrogens with one attached hydrogen (secondary N) is 1. The summed E-state index contributed by atoms with van der Waals surface area (Å²) in [5.41, 5.74) is -0.253. The molecule has 0 spiro atoms. The topological polar surface area (TPSA) is 69.6 Å². The third-order valence-electron chi connectivity index (χ3n) is 4.68. The predicted molar refractivity (Wildman–Crippen MR) is 88.9 cm³/mol. The highest BCUT2D eigenvalue weighted by atomic mass is 19.1. The van der Waals surface area contributed by atoms with Gasteiger partial charge in [-0.25, -0.2) is 13.6 Å². The number of carboxylic acids is 1. The monoisotopic (exact) mass is 354 g/mol. The van der Waals surface area contributed by atoms with Crippen molar-refractivity contribution in [2.24, 2.45) is 5.92 Å². The number of nitrogens with zero attached hydrogens (tertiary/aromatic N) is 1. The van der Waals surface area contributed by atoms with Gasteiger partial charge in [0.2, 0.25) is 5.91 Å². The molecular formula is C18H24F2N2O3. The molecule has 2 N–H and O–H groups in total. The van der Waals surface area contributed by atoms with Crippen molar-refractivity contribution < 1.29 is 23.5 Å². The Labute approximate surface area is 146 Å². The van der Waals surface area contributed by atoms with Gasteiger partial charge in [-0.1, -0.05) is 6.07 Å². The quantitative estimate of drug-likeness (QED) is 0.824. The normalized spacial score (nSPS) is 17.5. The number of hydrogen-bond acceptors (Lipinski definition) is 3. The fourth-order valence-electron chi connectivity index (χ4n) is 3.16. The third kappa shape index (κ3) is 5.22. The van der Waals surface area contributed by atoms with E-state index in [0.29, 0.717) is 12.1 Å². The van der Waals surface area contributed by atoms with Gasteiger partial charge in [0.25, 0.3) is 0 Å². The van der Waals surface area contributed by atoms with Crippen LogP contribution in [-0.2, 0) is 9.59 Å². The van der Waals surface area contributed by atoms with Crippen molar-refractivity contribution in [3.05, 3.63) is 35.4 Å². The fourth-order valence-corrected chi connectivity index (χ4v) is 3.16. The highest BCUT2D eigenvalue weighted by molar-refractivity contribution is 5.84. The summed E-state index contributed by atoms with van der Waals surface area (Å²) in [4.78, 5) is 25.9. The first kappa shape index (κ1) is 19.3. The SMILES string of the molecule is CC(C)N1CCC(CC(=O)N[C@H](C(=O)O)c2ccc(F)cc2F)CC1. The molecule has 0 aromatic heterocycles. The molecule has 0 saturated carbocycles. The van der Waals surface area contributed by atoms with Gasteiger partial charge < -0.3 is 15.3 Å². The van der Waals surface area contributed by atoms with Gasteiger partial charge in [0, 0.05) is 24.1 Å². The van der Waals surface area contributed by atoms with Gasteiger partial charge in [0.15, 0.2) is 6.04 Å². The van der Waals surface area contributed by atoms with E-state index in [1.54, 1.807) is 0 Å². The second-order valence-corrected chi connectivity index (χ2v) is 6.78. The Morgan fingerprint density at radius 3 is 2.44 bits per heavy atom. The van der Waals surface area contributed by atoms with Crippen molar-refractivity contribution in [1.29, 1.82) is 0 Å². The second-order valence-electron chi connectivity index (χ2n) is 6.78. The van der Waals surface area contributed by atoms with E-state index in [2.05, 4.69) is 24.1 Å². The first-order valence-electron chi connectivity index (χ1n) is 8.49. The van der Waals surface area contributed by atoms with Gasteiger partial charge in [0.05, 0.1) is 0 Å². The van der Waals surface area contributed by atoms with E-state index < -0.39 is 29.6 Å².